The van der Waals surface area contributed by atoms with Crippen LogP contribution in [-0.4, -0.2) is 19.3 Å². The first kappa shape index (κ1) is 12.8. The van der Waals surface area contributed by atoms with Crippen molar-refractivity contribution in [2.75, 3.05) is 13.2 Å². The first-order chi connectivity index (χ1) is 9.43. The molecule has 1 N–H and O–H groups in total. The number of rotatable bonds is 3. The molecule has 0 unspecified atom stereocenters. The Morgan fingerprint density at radius 1 is 1.00 bits per heavy atom. The lowest BCUT2D eigenvalue weighted by molar-refractivity contribution is 0.169. The van der Waals surface area contributed by atoms with Gasteiger partial charge in [0.15, 0.2) is 11.5 Å². The van der Waals surface area contributed by atoms with Crippen molar-refractivity contribution in [1.82, 2.24) is 5.32 Å². The SMILES string of the molecule is c1cc(CNC2CCCCCC2)c2c(c1)OCCO2. The van der Waals surface area contributed by atoms with Crippen molar-refractivity contribution in [1.29, 1.82) is 0 Å². The molecule has 0 amide bonds. The lowest BCUT2D eigenvalue weighted by Crippen LogP contribution is -2.28. The number of fused-ring (bicyclic) bond motifs is 1. The van der Waals surface area contributed by atoms with Gasteiger partial charge in [0, 0.05) is 18.2 Å². The summed E-state index contributed by atoms with van der Waals surface area (Å²) in [5.74, 6) is 1.83. The highest BCUT2D eigenvalue weighted by atomic mass is 16.6. The van der Waals surface area contributed by atoms with Gasteiger partial charge in [0.05, 0.1) is 0 Å². The van der Waals surface area contributed by atoms with E-state index in [4.69, 9.17) is 9.47 Å². The molecule has 2 aliphatic rings. The van der Waals surface area contributed by atoms with Crippen LogP contribution in [0.1, 0.15) is 44.1 Å². The van der Waals surface area contributed by atoms with E-state index < -0.39 is 0 Å². The fraction of sp³-hybridized carbons (Fsp3) is 0.625. The van der Waals surface area contributed by atoms with Crippen molar-refractivity contribution >= 4 is 0 Å². The van der Waals surface area contributed by atoms with E-state index in [0.29, 0.717) is 19.3 Å². The van der Waals surface area contributed by atoms with Gasteiger partial charge in [0.2, 0.25) is 0 Å². The largest absolute Gasteiger partial charge is 0.486 e. The van der Waals surface area contributed by atoms with Gasteiger partial charge in [-0.25, -0.2) is 0 Å². The highest BCUT2D eigenvalue weighted by Crippen LogP contribution is 2.33. The normalized spacial score (nSPS) is 20.0. The maximum absolute atomic E-state index is 5.75. The van der Waals surface area contributed by atoms with Gasteiger partial charge in [-0.3, -0.25) is 0 Å². The average Bonchev–Trinajstić information content (AvgIpc) is 2.74. The monoisotopic (exact) mass is 261 g/mol. The van der Waals surface area contributed by atoms with Gasteiger partial charge in [-0.05, 0) is 18.9 Å². The fourth-order valence-electron chi connectivity index (χ4n) is 3.01. The first-order valence-electron chi connectivity index (χ1n) is 7.54. The highest BCUT2D eigenvalue weighted by molar-refractivity contribution is 5.47. The van der Waals surface area contributed by atoms with Gasteiger partial charge in [0.1, 0.15) is 13.2 Å². The van der Waals surface area contributed by atoms with E-state index in [1.807, 2.05) is 6.07 Å². The van der Waals surface area contributed by atoms with E-state index >= 15 is 0 Å². The van der Waals surface area contributed by atoms with Crippen molar-refractivity contribution in [2.24, 2.45) is 0 Å². The summed E-state index contributed by atoms with van der Waals surface area (Å²) >= 11 is 0. The maximum Gasteiger partial charge on any atom is 0.165 e. The lowest BCUT2D eigenvalue weighted by atomic mass is 10.1. The number of nitrogens with one attached hydrogen (secondary N) is 1. The molecule has 104 valence electrons. The second-order valence-electron chi connectivity index (χ2n) is 5.51. The maximum atomic E-state index is 5.75. The summed E-state index contributed by atoms with van der Waals surface area (Å²) in [6, 6.07) is 6.85. The summed E-state index contributed by atoms with van der Waals surface area (Å²) in [4.78, 5) is 0. The molecule has 1 aliphatic carbocycles. The van der Waals surface area contributed by atoms with Crippen molar-refractivity contribution in [3.63, 3.8) is 0 Å². The fourth-order valence-corrected chi connectivity index (χ4v) is 3.01. The predicted octanol–water partition coefficient (Wildman–Crippen LogP) is 3.27. The highest BCUT2D eigenvalue weighted by Gasteiger charge is 2.17. The summed E-state index contributed by atoms with van der Waals surface area (Å²) in [7, 11) is 0. The number of hydrogen-bond acceptors (Lipinski definition) is 3. The van der Waals surface area contributed by atoms with E-state index in [1.54, 1.807) is 0 Å². The number of hydrogen-bond donors (Lipinski definition) is 1. The Labute approximate surface area is 115 Å². The molecule has 0 spiro atoms. The van der Waals surface area contributed by atoms with Crippen molar-refractivity contribution in [2.45, 2.75) is 51.1 Å². The van der Waals surface area contributed by atoms with Crippen molar-refractivity contribution in [3.05, 3.63) is 23.8 Å². The van der Waals surface area contributed by atoms with E-state index in [9.17, 15) is 0 Å². The second-order valence-corrected chi connectivity index (χ2v) is 5.51. The number of para-hydroxylation sites is 1. The molecule has 3 rings (SSSR count). The molecule has 0 atom stereocenters. The van der Waals surface area contributed by atoms with Gasteiger partial charge >= 0.3 is 0 Å². The minimum atomic E-state index is 0.659. The summed E-state index contributed by atoms with van der Waals surface area (Å²) in [6.07, 6.45) is 8.15. The molecule has 1 saturated carbocycles. The summed E-state index contributed by atoms with van der Waals surface area (Å²) in [6.45, 7) is 2.21. The van der Waals surface area contributed by atoms with Gasteiger partial charge in [0.25, 0.3) is 0 Å². The Balaban J connectivity index is 1.63. The smallest absolute Gasteiger partial charge is 0.165 e. The Morgan fingerprint density at radius 3 is 2.63 bits per heavy atom. The third-order valence-corrected chi connectivity index (χ3v) is 4.08. The zero-order valence-corrected chi connectivity index (χ0v) is 11.5. The van der Waals surface area contributed by atoms with Crippen LogP contribution < -0.4 is 14.8 Å². The minimum Gasteiger partial charge on any atom is -0.486 e. The predicted molar refractivity (Wildman–Crippen MR) is 75.8 cm³/mol. The molecule has 1 heterocycles. The van der Waals surface area contributed by atoms with E-state index in [0.717, 1.165) is 18.0 Å². The van der Waals surface area contributed by atoms with Gasteiger partial charge < -0.3 is 14.8 Å². The van der Waals surface area contributed by atoms with Crippen LogP contribution in [0, 0.1) is 0 Å². The molecule has 3 nitrogen and oxygen atoms in total. The number of ether oxygens (including phenoxy) is 2. The van der Waals surface area contributed by atoms with Gasteiger partial charge in [-0.2, -0.15) is 0 Å². The molecule has 0 radical (unpaired) electrons. The Bertz CT molecular complexity index is 411. The Kier molecular flexibility index (Phi) is 4.23. The van der Waals surface area contributed by atoms with Crippen LogP contribution in [0.25, 0.3) is 0 Å². The van der Waals surface area contributed by atoms with Gasteiger partial charge in [-0.1, -0.05) is 37.8 Å². The van der Waals surface area contributed by atoms with Crippen molar-refractivity contribution in [3.8, 4) is 11.5 Å². The molecule has 19 heavy (non-hydrogen) atoms. The van der Waals surface area contributed by atoms with E-state index in [2.05, 4.69) is 17.4 Å². The van der Waals surface area contributed by atoms with Crippen LogP contribution in [0.2, 0.25) is 0 Å². The summed E-state index contributed by atoms with van der Waals surface area (Å²) in [5, 5.41) is 3.69. The lowest BCUT2D eigenvalue weighted by Gasteiger charge is -2.22. The van der Waals surface area contributed by atoms with Crippen LogP contribution >= 0.6 is 0 Å². The first-order valence-corrected chi connectivity index (χ1v) is 7.54. The third kappa shape index (κ3) is 3.21. The summed E-state index contributed by atoms with van der Waals surface area (Å²) in [5.41, 5.74) is 1.22. The molecule has 1 aromatic carbocycles. The van der Waals surface area contributed by atoms with Gasteiger partial charge in [-0.15, -0.1) is 0 Å². The topological polar surface area (TPSA) is 30.5 Å². The Morgan fingerprint density at radius 2 is 1.79 bits per heavy atom. The van der Waals surface area contributed by atoms with Crippen LogP contribution in [0.5, 0.6) is 11.5 Å². The van der Waals surface area contributed by atoms with E-state index in [-0.39, 0.29) is 0 Å². The molecule has 1 aromatic rings. The quantitative estimate of drug-likeness (QED) is 0.847. The molecular formula is C16H23NO2. The van der Waals surface area contributed by atoms with Crippen LogP contribution in [0.4, 0.5) is 0 Å². The molecule has 1 fully saturated rings. The molecular weight excluding hydrogens is 238 g/mol. The molecule has 0 aromatic heterocycles. The van der Waals surface area contributed by atoms with Crippen LogP contribution in [-0.2, 0) is 6.54 Å². The Hall–Kier alpha value is -1.22. The molecule has 1 aliphatic heterocycles. The number of benzene rings is 1. The molecule has 0 bridgehead atoms. The van der Waals surface area contributed by atoms with Crippen LogP contribution in [0.15, 0.2) is 18.2 Å². The second kappa shape index (κ2) is 6.29. The zero-order chi connectivity index (χ0) is 12.9. The standard InChI is InChI=1S/C16H23NO2/c1-2-4-8-14(7-3-1)17-12-13-6-5-9-15-16(13)19-11-10-18-15/h5-6,9,14,17H,1-4,7-8,10-12H2. The zero-order valence-electron chi connectivity index (χ0n) is 11.5. The molecule has 0 saturated heterocycles. The van der Waals surface area contributed by atoms with E-state index in [1.165, 1.54) is 44.1 Å². The van der Waals surface area contributed by atoms with Crippen LogP contribution in [0.3, 0.4) is 0 Å². The average molecular weight is 261 g/mol. The minimum absolute atomic E-state index is 0.659. The third-order valence-electron chi connectivity index (χ3n) is 4.08. The van der Waals surface area contributed by atoms with Crippen molar-refractivity contribution < 1.29 is 9.47 Å². The summed E-state index contributed by atoms with van der Waals surface area (Å²) < 4.78 is 11.4. The molecule has 3 heteroatoms.